The number of rotatable bonds is 3. The first-order chi connectivity index (χ1) is 11.4. The first-order valence-electron chi connectivity index (χ1n) is 8.47. The Morgan fingerprint density at radius 1 is 1.21 bits per heavy atom. The van der Waals surface area contributed by atoms with E-state index in [1.54, 1.807) is 0 Å². The van der Waals surface area contributed by atoms with E-state index in [-0.39, 0.29) is 24.3 Å². The van der Waals surface area contributed by atoms with Gasteiger partial charge in [0, 0.05) is 12.1 Å². The molecule has 1 heterocycles. The van der Waals surface area contributed by atoms with E-state index >= 15 is 0 Å². The molecule has 0 N–H and O–H groups in total. The third-order valence-corrected chi connectivity index (χ3v) is 5.18. The highest BCUT2D eigenvalue weighted by Crippen LogP contribution is 2.39. The summed E-state index contributed by atoms with van der Waals surface area (Å²) < 4.78 is 43.0. The smallest absolute Gasteiger partial charge is 0.416 e. The van der Waals surface area contributed by atoms with Gasteiger partial charge in [0.15, 0.2) is 6.61 Å². The van der Waals surface area contributed by atoms with Gasteiger partial charge in [-0.15, -0.1) is 0 Å². The van der Waals surface area contributed by atoms with Gasteiger partial charge < -0.3 is 9.64 Å². The number of likely N-dealkylation sites (tertiary alicyclic amines) is 1. The SMILES string of the molecule is CC1CC2CCCCC2N1C(=O)COc1ccc(C(F)(F)F)cc1. The molecule has 1 saturated carbocycles. The van der Waals surface area contributed by atoms with Crippen LogP contribution < -0.4 is 4.74 Å². The summed E-state index contributed by atoms with van der Waals surface area (Å²) in [4.78, 5) is 14.5. The molecule has 0 radical (unpaired) electrons. The Balaban J connectivity index is 1.59. The second-order valence-electron chi connectivity index (χ2n) is 6.81. The molecule has 1 aliphatic carbocycles. The van der Waals surface area contributed by atoms with Crippen molar-refractivity contribution in [3.05, 3.63) is 29.8 Å². The quantitative estimate of drug-likeness (QED) is 0.822. The van der Waals surface area contributed by atoms with Crippen molar-refractivity contribution in [3.8, 4) is 5.75 Å². The Kier molecular flexibility index (Phi) is 4.74. The molecular formula is C18H22F3NO2. The van der Waals surface area contributed by atoms with Crippen molar-refractivity contribution >= 4 is 5.91 Å². The van der Waals surface area contributed by atoms with Gasteiger partial charge in [0.05, 0.1) is 5.56 Å². The van der Waals surface area contributed by atoms with Gasteiger partial charge >= 0.3 is 6.18 Å². The maximum absolute atomic E-state index is 12.5. The van der Waals surface area contributed by atoms with Crippen LogP contribution in [0.3, 0.4) is 0 Å². The van der Waals surface area contributed by atoms with Gasteiger partial charge in [-0.2, -0.15) is 13.2 Å². The van der Waals surface area contributed by atoms with E-state index in [4.69, 9.17) is 4.74 Å². The molecule has 6 heteroatoms. The van der Waals surface area contributed by atoms with Gasteiger partial charge in [0.1, 0.15) is 5.75 Å². The Labute approximate surface area is 139 Å². The summed E-state index contributed by atoms with van der Waals surface area (Å²) in [5, 5.41) is 0. The Hall–Kier alpha value is -1.72. The van der Waals surface area contributed by atoms with Crippen molar-refractivity contribution in [3.63, 3.8) is 0 Å². The van der Waals surface area contributed by atoms with E-state index in [2.05, 4.69) is 6.92 Å². The molecule has 132 valence electrons. The lowest BCUT2D eigenvalue weighted by Gasteiger charge is -2.33. The van der Waals surface area contributed by atoms with Crippen LogP contribution in [0.5, 0.6) is 5.75 Å². The maximum Gasteiger partial charge on any atom is 0.416 e. The summed E-state index contributed by atoms with van der Waals surface area (Å²) >= 11 is 0. The second-order valence-corrected chi connectivity index (χ2v) is 6.81. The van der Waals surface area contributed by atoms with Crippen LogP contribution in [-0.2, 0) is 11.0 Å². The predicted octanol–water partition coefficient (Wildman–Crippen LogP) is 4.26. The minimum Gasteiger partial charge on any atom is -0.484 e. The molecule has 1 aromatic carbocycles. The summed E-state index contributed by atoms with van der Waals surface area (Å²) in [6, 6.07) is 4.96. The fraction of sp³-hybridized carbons (Fsp3) is 0.611. The van der Waals surface area contributed by atoms with E-state index in [1.807, 2.05) is 4.90 Å². The van der Waals surface area contributed by atoms with Crippen LogP contribution in [0.25, 0.3) is 0 Å². The van der Waals surface area contributed by atoms with Crippen LogP contribution in [0, 0.1) is 5.92 Å². The Morgan fingerprint density at radius 3 is 2.54 bits per heavy atom. The molecule has 0 aromatic heterocycles. The molecule has 1 aliphatic heterocycles. The first kappa shape index (κ1) is 17.1. The zero-order valence-electron chi connectivity index (χ0n) is 13.7. The number of amides is 1. The van der Waals surface area contributed by atoms with Crippen LogP contribution in [0.1, 0.15) is 44.6 Å². The highest BCUT2D eigenvalue weighted by Gasteiger charge is 2.42. The van der Waals surface area contributed by atoms with Crippen molar-refractivity contribution < 1.29 is 22.7 Å². The molecule has 0 spiro atoms. The highest BCUT2D eigenvalue weighted by atomic mass is 19.4. The molecular weight excluding hydrogens is 319 g/mol. The molecule has 3 unspecified atom stereocenters. The number of alkyl halides is 3. The summed E-state index contributed by atoms with van der Waals surface area (Å²) in [5.74, 6) is 0.795. The zero-order valence-corrected chi connectivity index (χ0v) is 13.7. The Bertz CT molecular complexity index is 585. The molecule has 2 fully saturated rings. The normalized spacial score (nSPS) is 27.0. The third kappa shape index (κ3) is 3.52. The van der Waals surface area contributed by atoms with E-state index in [1.165, 1.54) is 25.0 Å². The molecule has 1 amide bonds. The number of nitrogens with zero attached hydrogens (tertiary/aromatic N) is 1. The summed E-state index contributed by atoms with van der Waals surface area (Å²) in [6.07, 6.45) is 1.28. The summed E-state index contributed by atoms with van der Waals surface area (Å²) in [6.45, 7) is 1.94. The van der Waals surface area contributed by atoms with Gasteiger partial charge in [0.25, 0.3) is 5.91 Å². The van der Waals surface area contributed by atoms with Crippen molar-refractivity contribution in [2.24, 2.45) is 5.92 Å². The largest absolute Gasteiger partial charge is 0.484 e. The average molecular weight is 341 g/mol. The average Bonchev–Trinajstić information content (AvgIpc) is 2.88. The van der Waals surface area contributed by atoms with Crippen LogP contribution >= 0.6 is 0 Å². The van der Waals surface area contributed by atoms with Crippen molar-refractivity contribution in [2.75, 3.05) is 6.61 Å². The zero-order chi connectivity index (χ0) is 17.3. The van der Waals surface area contributed by atoms with Gasteiger partial charge in [0.2, 0.25) is 0 Å². The second kappa shape index (κ2) is 6.65. The Morgan fingerprint density at radius 2 is 1.88 bits per heavy atom. The number of benzene rings is 1. The number of hydrogen-bond donors (Lipinski definition) is 0. The van der Waals surface area contributed by atoms with Crippen molar-refractivity contribution in [2.45, 2.75) is 57.3 Å². The fourth-order valence-corrected chi connectivity index (χ4v) is 4.10. The summed E-state index contributed by atoms with van der Waals surface area (Å²) in [7, 11) is 0. The number of carbonyl (C=O) groups excluding carboxylic acids is 1. The molecule has 3 rings (SSSR count). The van der Waals surface area contributed by atoms with Crippen molar-refractivity contribution in [1.82, 2.24) is 4.90 Å². The molecule has 24 heavy (non-hydrogen) atoms. The van der Waals surface area contributed by atoms with Gasteiger partial charge in [-0.3, -0.25) is 4.79 Å². The number of fused-ring (bicyclic) bond motifs is 1. The van der Waals surface area contributed by atoms with Crippen LogP contribution in [0.4, 0.5) is 13.2 Å². The molecule has 1 aromatic rings. The van der Waals surface area contributed by atoms with Gasteiger partial charge in [-0.1, -0.05) is 12.8 Å². The molecule has 3 atom stereocenters. The number of carbonyl (C=O) groups is 1. The van der Waals surface area contributed by atoms with E-state index in [0.29, 0.717) is 12.0 Å². The summed E-state index contributed by atoms with van der Waals surface area (Å²) in [5.41, 5.74) is -0.723. The predicted molar refractivity (Wildman–Crippen MR) is 83.6 cm³/mol. The lowest BCUT2D eigenvalue weighted by molar-refractivity contribution is -0.138. The lowest BCUT2D eigenvalue weighted by Crippen LogP contribution is -2.44. The van der Waals surface area contributed by atoms with Gasteiger partial charge in [-0.05, 0) is 56.4 Å². The van der Waals surface area contributed by atoms with E-state index in [0.717, 1.165) is 31.4 Å². The van der Waals surface area contributed by atoms with Crippen LogP contribution in [0.15, 0.2) is 24.3 Å². The fourth-order valence-electron chi connectivity index (χ4n) is 4.10. The maximum atomic E-state index is 12.5. The van der Waals surface area contributed by atoms with Gasteiger partial charge in [-0.25, -0.2) is 0 Å². The highest BCUT2D eigenvalue weighted by molar-refractivity contribution is 5.79. The van der Waals surface area contributed by atoms with E-state index < -0.39 is 11.7 Å². The van der Waals surface area contributed by atoms with Crippen LogP contribution in [0.2, 0.25) is 0 Å². The minimum atomic E-state index is -4.37. The third-order valence-electron chi connectivity index (χ3n) is 5.18. The number of halogens is 3. The molecule has 2 aliphatic rings. The number of hydrogen-bond acceptors (Lipinski definition) is 2. The lowest BCUT2D eigenvalue weighted by atomic mass is 9.85. The first-order valence-corrected chi connectivity index (χ1v) is 8.47. The topological polar surface area (TPSA) is 29.5 Å². The van der Waals surface area contributed by atoms with Crippen molar-refractivity contribution in [1.29, 1.82) is 0 Å². The minimum absolute atomic E-state index is 0.0724. The molecule has 1 saturated heterocycles. The number of ether oxygens (including phenoxy) is 1. The van der Waals surface area contributed by atoms with E-state index in [9.17, 15) is 18.0 Å². The molecule has 3 nitrogen and oxygen atoms in total. The standard InChI is InChI=1S/C18H22F3NO2/c1-12-10-13-4-2-3-5-16(13)22(12)17(23)11-24-15-8-6-14(7-9-15)18(19,20)21/h6-9,12-13,16H,2-5,10-11H2,1H3. The monoisotopic (exact) mass is 341 g/mol. The molecule has 0 bridgehead atoms. The van der Waals surface area contributed by atoms with Crippen LogP contribution in [-0.4, -0.2) is 29.5 Å².